The highest BCUT2D eigenvalue weighted by molar-refractivity contribution is 5.82. The van der Waals surface area contributed by atoms with E-state index in [1.165, 1.54) is 52.4 Å². The molecule has 0 atom stereocenters. The third kappa shape index (κ3) is 6.50. The van der Waals surface area contributed by atoms with Crippen LogP contribution in [0.15, 0.2) is 47.5 Å². The van der Waals surface area contributed by atoms with Gasteiger partial charge >= 0.3 is 12.2 Å². The van der Waals surface area contributed by atoms with Crippen molar-refractivity contribution >= 4 is 24.1 Å². The summed E-state index contributed by atoms with van der Waals surface area (Å²) in [5.74, 6) is -0.940. The molecule has 0 spiro atoms. The minimum absolute atomic E-state index is 0.0565. The smallest absolute Gasteiger partial charge is 0.415 e. The van der Waals surface area contributed by atoms with E-state index >= 15 is 0 Å². The van der Waals surface area contributed by atoms with Crippen LogP contribution in [0.1, 0.15) is 26.3 Å². The molecule has 2 aromatic rings. The van der Waals surface area contributed by atoms with Gasteiger partial charge in [-0.05, 0) is 57.2 Å². The normalized spacial score (nSPS) is 14.5. The van der Waals surface area contributed by atoms with E-state index < -0.39 is 23.6 Å². The van der Waals surface area contributed by atoms with Gasteiger partial charge in [-0.3, -0.25) is 4.99 Å². The highest BCUT2D eigenvalue weighted by Gasteiger charge is 2.28. The number of nitrogens with zero attached hydrogens (tertiary/aromatic N) is 3. The number of benzene rings is 2. The first-order valence-electron chi connectivity index (χ1n) is 10.1. The van der Waals surface area contributed by atoms with E-state index in [0.717, 1.165) is 6.07 Å². The van der Waals surface area contributed by atoms with Crippen LogP contribution in [0, 0.1) is 11.6 Å². The number of hydrogen-bond acceptors (Lipinski definition) is 5. The molecule has 9 heteroatoms. The molecule has 3 rings (SSSR count). The van der Waals surface area contributed by atoms with Gasteiger partial charge in [-0.1, -0.05) is 0 Å². The summed E-state index contributed by atoms with van der Waals surface area (Å²) in [4.78, 5) is 31.6. The highest BCUT2D eigenvalue weighted by Crippen LogP contribution is 2.19. The van der Waals surface area contributed by atoms with Crippen molar-refractivity contribution in [2.45, 2.75) is 26.4 Å². The maximum absolute atomic E-state index is 14.4. The van der Waals surface area contributed by atoms with Crippen LogP contribution in [0.5, 0.6) is 5.75 Å². The van der Waals surface area contributed by atoms with Crippen molar-refractivity contribution in [1.82, 2.24) is 9.80 Å². The monoisotopic (exact) mass is 445 g/mol. The minimum Gasteiger partial charge on any atom is -0.444 e. The molecule has 0 aliphatic carbocycles. The Morgan fingerprint density at radius 3 is 2.09 bits per heavy atom. The summed E-state index contributed by atoms with van der Waals surface area (Å²) in [6, 6.07) is 9.47. The molecule has 0 bridgehead atoms. The van der Waals surface area contributed by atoms with E-state index in [4.69, 9.17) is 9.47 Å². The van der Waals surface area contributed by atoms with Crippen molar-refractivity contribution in [2.75, 3.05) is 26.2 Å². The van der Waals surface area contributed by atoms with Crippen molar-refractivity contribution in [3.63, 3.8) is 0 Å². The van der Waals surface area contributed by atoms with Crippen LogP contribution >= 0.6 is 0 Å². The molecule has 1 heterocycles. The zero-order valence-electron chi connectivity index (χ0n) is 18.2. The Labute approximate surface area is 185 Å². The van der Waals surface area contributed by atoms with E-state index in [9.17, 15) is 18.4 Å². The van der Waals surface area contributed by atoms with Crippen LogP contribution in [0.3, 0.4) is 0 Å². The second kappa shape index (κ2) is 9.76. The van der Waals surface area contributed by atoms with Crippen LogP contribution in [-0.4, -0.2) is 60.0 Å². The number of halogens is 2. The number of aliphatic imine (C=N–C) groups is 1. The maximum atomic E-state index is 14.4. The Morgan fingerprint density at radius 2 is 1.53 bits per heavy atom. The first kappa shape index (κ1) is 23.2. The summed E-state index contributed by atoms with van der Waals surface area (Å²) < 4.78 is 37.9. The summed E-state index contributed by atoms with van der Waals surface area (Å²) in [6.45, 7) is 6.56. The lowest BCUT2D eigenvalue weighted by molar-refractivity contribution is 0.0154. The fraction of sp³-hybridized carbons (Fsp3) is 0.348. The molecule has 1 fully saturated rings. The molecule has 1 aliphatic heterocycles. The molecule has 2 aromatic carbocycles. The molecule has 1 saturated heterocycles. The standard InChI is InChI=1S/C23H25F2N3O4/c1-23(2,3)32-22(30)28-12-10-27(11-13-28)21(29)31-19-9-4-16(20(25)14-19)15-26-18-7-5-17(24)6-8-18/h4-9,14-15H,10-13H2,1-3H3/b26-15+. The third-order valence-electron chi connectivity index (χ3n) is 4.55. The first-order chi connectivity index (χ1) is 15.1. The van der Waals surface area contributed by atoms with Gasteiger partial charge in [0.2, 0.25) is 0 Å². The van der Waals surface area contributed by atoms with E-state index in [1.807, 2.05) is 0 Å². The van der Waals surface area contributed by atoms with E-state index in [1.54, 1.807) is 20.8 Å². The fourth-order valence-electron chi connectivity index (χ4n) is 2.91. The number of ether oxygens (including phenoxy) is 2. The number of hydrogen-bond donors (Lipinski definition) is 0. The lowest BCUT2D eigenvalue weighted by Crippen LogP contribution is -2.52. The average molecular weight is 445 g/mol. The van der Waals surface area contributed by atoms with Crippen molar-refractivity contribution in [1.29, 1.82) is 0 Å². The summed E-state index contributed by atoms with van der Waals surface area (Å²) >= 11 is 0. The Hall–Kier alpha value is -3.49. The molecule has 7 nitrogen and oxygen atoms in total. The number of rotatable bonds is 3. The molecular formula is C23H25F2N3O4. The van der Waals surface area contributed by atoms with Gasteiger partial charge in [-0.2, -0.15) is 0 Å². The fourth-order valence-corrected chi connectivity index (χ4v) is 2.91. The zero-order chi connectivity index (χ0) is 23.3. The van der Waals surface area contributed by atoms with E-state index in [-0.39, 0.29) is 30.2 Å². The molecule has 0 N–H and O–H groups in total. The van der Waals surface area contributed by atoms with Crippen molar-refractivity contribution in [3.8, 4) is 5.75 Å². The van der Waals surface area contributed by atoms with Gasteiger partial charge in [0.1, 0.15) is 23.0 Å². The van der Waals surface area contributed by atoms with Gasteiger partial charge in [0.05, 0.1) is 5.69 Å². The van der Waals surface area contributed by atoms with Crippen LogP contribution in [0.4, 0.5) is 24.1 Å². The summed E-state index contributed by atoms with van der Waals surface area (Å²) in [5.41, 5.74) is 0.0829. The lowest BCUT2D eigenvalue weighted by Gasteiger charge is -2.35. The van der Waals surface area contributed by atoms with Gasteiger partial charge < -0.3 is 19.3 Å². The Bertz CT molecular complexity index is 995. The predicted octanol–water partition coefficient (Wildman–Crippen LogP) is 4.77. The Morgan fingerprint density at radius 1 is 0.938 bits per heavy atom. The molecule has 32 heavy (non-hydrogen) atoms. The van der Waals surface area contributed by atoms with Gasteiger partial charge in [-0.15, -0.1) is 0 Å². The number of carbonyl (C=O) groups excluding carboxylic acids is 2. The van der Waals surface area contributed by atoms with Crippen molar-refractivity contribution < 1.29 is 27.8 Å². The van der Waals surface area contributed by atoms with Gasteiger partial charge in [0.25, 0.3) is 0 Å². The largest absolute Gasteiger partial charge is 0.444 e. The lowest BCUT2D eigenvalue weighted by atomic mass is 10.2. The molecule has 0 aromatic heterocycles. The van der Waals surface area contributed by atoms with Gasteiger partial charge in [0.15, 0.2) is 0 Å². The summed E-state index contributed by atoms with van der Waals surface area (Å²) in [6.07, 6.45) is 0.260. The van der Waals surface area contributed by atoms with Gasteiger partial charge in [0, 0.05) is 44.0 Å². The SMILES string of the molecule is CC(C)(C)OC(=O)N1CCN(C(=O)Oc2ccc(/C=N/c3ccc(F)cc3)c(F)c2)CC1. The third-order valence-corrected chi connectivity index (χ3v) is 4.55. The number of amides is 2. The average Bonchev–Trinajstić information content (AvgIpc) is 2.73. The molecule has 1 aliphatic rings. The Balaban J connectivity index is 1.54. The topological polar surface area (TPSA) is 71.4 Å². The van der Waals surface area contributed by atoms with Crippen LogP contribution < -0.4 is 4.74 Å². The summed E-state index contributed by atoms with van der Waals surface area (Å²) in [7, 11) is 0. The van der Waals surface area contributed by atoms with Crippen LogP contribution in [-0.2, 0) is 4.74 Å². The minimum atomic E-state index is -0.624. The molecular weight excluding hydrogens is 420 g/mol. The molecule has 0 radical (unpaired) electrons. The number of carbonyl (C=O) groups is 2. The molecule has 170 valence electrons. The number of piperazine rings is 1. The highest BCUT2D eigenvalue weighted by atomic mass is 19.1. The summed E-state index contributed by atoms with van der Waals surface area (Å²) in [5, 5.41) is 0. The predicted molar refractivity (Wildman–Crippen MR) is 115 cm³/mol. The van der Waals surface area contributed by atoms with Crippen LogP contribution in [0.25, 0.3) is 0 Å². The quantitative estimate of drug-likeness (QED) is 0.639. The van der Waals surface area contributed by atoms with E-state index in [2.05, 4.69) is 4.99 Å². The zero-order valence-corrected chi connectivity index (χ0v) is 18.2. The second-order valence-corrected chi connectivity index (χ2v) is 8.24. The van der Waals surface area contributed by atoms with E-state index in [0.29, 0.717) is 18.8 Å². The van der Waals surface area contributed by atoms with Crippen molar-refractivity contribution in [3.05, 3.63) is 59.7 Å². The Kier molecular flexibility index (Phi) is 7.07. The maximum Gasteiger partial charge on any atom is 0.415 e. The van der Waals surface area contributed by atoms with Crippen LogP contribution in [0.2, 0.25) is 0 Å². The van der Waals surface area contributed by atoms with Gasteiger partial charge in [-0.25, -0.2) is 18.4 Å². The molecule has 0 saturated carbocycles. The second-order valence-electron chi connectivity index (χ2n) is 8.24. The molecule has 2 amide bonds. The first-order valence-corrected chi connectivity index (χ1v) is 10.1. The van der Waals surface area contributed by atoms with Crippen molar-refractivity contribution in [2.24, 2.45) is 4.99 Å². The molecule has 0 unspecified atom stereocenters.